The second kappa shape index (κ2) is 7.98. The topological polar surface area (TPSA) is 77.0 Å². The fraction of sp³-hybridized carbons (Fsp3) is 0.471. The zero-order valence-electron chi connectivity index (χ0n) is 15.0. The maximum absolute atomic E-state index is 13.0. The van der Waals surface area contributed by atoms with Gasteiger partial charge in [0.05, 0.1) is 5.75 Å². The van der Waals surface area contributed by atoms with E-state index in [1.165, 1.54) is 24.3 Å². The molecule has 1 aliphatic carbocycles. The normalized spacial score (nSPS) is 15.5. The second-order valence-corrected chi connectivity index (χ2v) is 7.63. The van der Waals surface area contributed by atoms with Gasteiger partial charge in [-0.3, -0.25) is 4.79 Å². The molecular weight excluding hydrogens is 398 g/mol. The molecule has 1 aliphatic rings. The molecule has 1 unspecified atom stereocenters. The maximum atomic E-state index is 13.0. The van der Waals surface area contributed by atoms with Gasteiger partial charge in [0.2, 0.25) is 11.1 Å². The van der Waals surface area contributed by atoms with Crippen molar-refractivity contribution >= 4 is 17.7 Å². The average Bonchev–Trinajstić information content (AvgIpc) is 3.41. The highest BCUT2D eigenvalue weighted by atomic mass is 32.2. The quantitative estimate of drug-likeness (QED) is 0.426. The number of hydrogen-bond donors (Lipinski definition) is 1. The van der Waals surface area contributed by atoms with E-state index in [0.717, 1.165) is 34.2 Å². The number of alkyl halides is 3. The van der Waals surface area contributed by atoms with E-state index in [9.17, 15) is 22.4 Å². The van der Waals surface area contributed by atoms with Crippen LogP contribution < -0.4 is 5.84 Å². The summed E-state index contributed by atoms with van der Waals surface area (Å²) >= 11 is 0.909. The van der Waals surface area contributed by atoms with E-state index in [1.54, 1.807) is 6.92 Å². The van der Waals surface area contributed by atoms with Crippen LogP contribution in [0.4, 0.5) is 17.6 Å². The number of rotatable bonds is 7. The average molecular weight is 417 g/mol. The summed E-state index contributed by atoms with van der Waals surface area (Å²) in [6.07, 6.45) is -2.81. The summed E-state index contributed by atoms with van der Waals surface area (Å²) in [5.74, 6) is 5.01. The number of nitrogens with two attached hydrogens (primary N) is 1. The summed E-state index contributed by atoms with van der Waals surface area (Å²) in [5, 5.41) is 7.97. The molecule has 152 valence electrons. The highest BCUT2D eigenvalue weighted by Crippen LogP contribution is 2.36. The lowest BCUT2D eigenvalue weighted by atomic mass is 10.2. The third kappa shape index (κ3) is 4.94. The van der Waals surface area contributed by atoms with Gasteiger partial charge in [-0.2, -0.15) is 13.2 Å². The lowest BCUT2D eigenvalue weighted by Crippen LogP contribution is -2.46. The summed E-state index contributed by atoms with van der Waals surface area (Å²) in [6.45, 7) is 0.365. The molecule has 6 nitrogen and oxygen atoms in total. The minimum atomic E-state index is -4.47. The van der Waals surface area contributed by atoms with E-state index < -0.39 is 30.5 Å². The molecule has 1 atom stereocenters. The number of halogens is 4. The number of benzene rings is 1. The van der Waals surface area contributed by atoms with Crippen LogP contribution in [-0.4, -0.2) is 50.2 Å². The first-order valence-corrected chi connectivity index (χ1v) is 9.59. The Balaban J connectivity index is 1.68. The zero-order chi connectivity index (χ0) is 20.5. The van der Waals surface area contributed by atoms with Gasteiger partial charge in [-0.25, -0.2) is 9.07 Å². The van der Waals surface area contributed by atoms with Crippen molar-refractivity contribution in [2.75, 3.05) is 18.1 Å². The Morgan fingerprint density at radius 3 is 2.54 bits per heavy atom. The predicted molar refractivity (Wildman–Crippen MR) is 96.2 cm³/mol. The van der Waals surface area contributed by atoms with Crippen LogP contribution in [0.5, 0.6) is 0 Å². The summed E-state index contributed by atoms with van der Waals surface area (Å²) in [7, 11) is 0. The molecule has 0 bridgehead atoms. The fourth-order valence-electron chi connectivity index (χ4n) is 2.87. The van der Waals surface area contributed by atoms with Gasteiger partial charge in [0.1, 0.15) is 12.4 Å². The summed E-state index contributed by atoms with van der Waals surface area (Å²) in [4.78, 5) is 13.3. The smallest absolute Gasteiger partial charge is 0.335 e. The van der Waals surface area contributed by atoms with E-state index in [2.05, 4.69) is 10.2 Å². The molecule has 2 aromatic rings. The van der Waals surface area contributed by atoms with Crippen LogP contribution in [0, 0.1) is 11.7 Å². The van der Waals surface area contributed by atoms with E-state index in [1.807, 2.05) is 0 Å². The third-order valence-electron chi connectivity index (χ3n) is 4.56. The number of hydrogen-bond acceptors (Lipinski definition) is 5. The van der Waals surface area contributed by atoms with Crippen molar-refractivity contribution in [1.29, 1.82) is 0 Å². The largest absolute Gasteiger partial charge is 0.406 e. The Kier molecular flexibility index (Phi) is 5.82. The second-order valence-electron chi connectivity index (χ2n) is 6.69. The van der Waals surface area contributed by atoms with Crippen molar-refractivity contribution in [2.24, 2.45) is 5.92 Å². The highest BCUT2D eigenvalue weighted by molar-refractivity contribution is 7.99. The van der Waals surface area contributed by atoms with Crippen molar-refractivity contribution < 1.29 is 22.4 Å². The molecule has 0 aliphatic heterocycles. The van der Waals surface area contributed by atoms with E-state index >= 15 is 0 Å². The maximum Gasteiger partial charge on any atom is 0.406 e. The van der Waals surface area contributed by atoms with E-state index in [-0.39, 0.29) is 22.7 Å². The summed E-state index contributed by atoms with van der Waals surface area (Å²) in [6, 6.07) is 4.97. The predicted octanol–water partition coefficient (Wildman–Crippen LogP) is 3.08. The molecule has 28 heavy (non-hydrogen) atoms. The van der Waals surface area contributed by atoms with Gasteiger partial charge < -0.3 is 10.7 Å². The van der Waals surface area contributed by atoms with Crippen LogP contribution in [0.1, 0.15) is 19.8 Å². The Labute approximate surface area is 163 Å². The number of nitrogens with zero attached hydrogens (tertiary/aromatic N) is 4. The van der Waals surface area contributed by atoms with Gasteiger partial charge >= 0.3 is 6.18 Å². The molecule has 3 rings (SSSR count). The standard InChI is InChI=1S/C17H19F4N5OS/c1-10(11-2-3-11)25(9-17(19,20)21)14(27)8-28-16-24-23-15(26(16)22)12-4-6-13(18)7-5-12/h4-7,10-11H,2-3,8-9,22H2,1H3. The van der Waals surface area contributed by atoms with Gasteiger partial charge in [0.15, 0.2) is 5.82 Å². The molecule has 2 N–H and O–H groups in total. The zero-order valence-corrected chi connectivity index (χ0v) is 15.8. The minimum Gasteiger partial charge on any atom is -0.335 e. The summed E-state index contributed by atoms with van der Waals surface area (Å²) in [5.41, 5.74) is 0.524. The van der Waals surface area contributed by atoms with Crippen molar-refractivity contribution in [3.63, 3.8) is 0 Å². The van der Waals surface area contributed by atoms with Crippen LogP contribution in [0.3, 0.4) is 0 Å². The van der Waals surface area contributed by atoms with Crippen molar-refractivity contribution in [2.45, 2.75) is 37.1 Å². The monoisotopic (exact) mass is 417 g/mol. The summed E-state index contributed by atoms with van der Waals surface area (Å²) < 4.78 is 52.8. The SMILES string of the molecule is CC(C1CC1)N(CC(F)(F)F)C(=O)CSc1nnc(-c2ccc(F)cc2)n1N. The molecule has 1 fully saturated rings. The number of thioether (sulfide) groups is 1. The molecule has 11 heteroatoms. The van der Waals surface area contributed by atoms with Gasteiger partial charge in [-0.15, -0.1) is 10.2 Å². The third-order valence-corrected chi connectivity index (χ3v) is 5.49. The van der Waals surface area contributed by atoms with E-state index in [4.69, 9.17) is 5.84 Å². The molecular formula is C17H19F4N5OS. The molecule has 1 saturated carbocycles. The fourth-order valence-corrected chi connectivity index (χ4v) is 3.61. The van der Waals surface area contributed by atoms with Crippen LogP contribution in [0.2, 0.25) is 0 Å². The van der Waals surface area contributed by atoms with Crippen molar-refractivity contribution in [3.8, 4) is 11.4 Å². The molecule has 1 heterocycles. The highest BCUT2D eigenvalue weighted by Gasteiger charge is 2.40. The Bertz CT molecular complexity index is 835. The van der Waals surface area contributed by atoms with Crippen LogP contribution in [0.25, 0.3) is 11.4 Å². The van der Waals surface area contributed by atoms with Gasteiger partial charge in [0.25, 0.3) is 0 Å². The molecule has 1 aromatic carbocycles. The Morgan fingerprint density at radius 2 is 1.96 bits per heavy atom. The Morgan fingerprint density at radius 1 is 1.32 bits per heavy atom. The number of amides is 1. The van der Waals surface area contributed by atoms with Crippen molar-refractivity contribution in [3.05, 3.63) is 30.1 Å². The van der Waals surface area contributed by atoms with Gasteiger partial charge in [0, 0.05) is 11.6 Å². The van der Waals surface area contributed by atoms with Gasteiger partial charge in [-0.1, -0.05) is 11.8 Å². The minimum absolute atomic E-state index is 0.111. The number of nitrogen functional groups attached to an aromatic ring is 1. The number of carbonyl (C=O) groups excluding carboxylic acids is 1. The number of carbonyl (C=O) groups is 1. The van der Waals surface area contributed by atoms with Crippen LogP contribution in [0.15, 0.2) is 29.4 Å². The Hall–Kier alpha value is -2.30. The van der Waals surface area contributed by atoms with Crippen molar-refractivity contribution in [1.82, 2.24) is 19.8 Å². The molecule has 0 saturated heterocycles. The molecule has 1 aromatic heterocycles. The van der Waals surface area contributed by atoms with E-state index in [0.29, 0.717) is 5.56 Å². The van der Waals surface area contributed by atoms with Gasteiger partial charge in [-0.05, 0) is 49.9 Å². The first kappa shape index (κ1) is 20.4. The molecule has 1 amide bonds. The van der Waals surface area contributed by atoms with Crippen LogP contribution in [-0.2, 0) is 4.79 Å². The first-order chi connectivity index (χ1) is 13.2. The molecule has 0 radical (unpaired) electrons. The molecule has 0 spiro atoms. The lowest BCUT2D eigenvalue weighted by Gasteiger charge is -2.30. The lowest BCUT2D eigenvalue weighted by molar-refractivity contribution is -0.164. The number of aromatic nitrogens is 3. The first-order valence-electron chi connectivity index (χ1n) is 8.61. The van der Waals surface area contributed by atoms with Crippen LogP contribution >= 0.6 is 11.8 Å².